The fourth-order valence-corrected chi connectivity index (χ4v) is 2.86. The summed E-state index contributed by atoms with van der Waals surface area (Å²) in [6.45, 7) is 0. The Morgan fingerprint density at radius 2 is 1.14 bits per heavy atom. The van der Waals surface area contributed by atoms with E-state index in [4.69, 9.17) is 4.18 Å². The van der Waals surface area contributed by atoms with Gasteiger partial charge in [-0.1, -0.05) is 24.3 Å². The fraction of sp³-hybridized carbons (Fsp3) is 0.143. The molecular weight excluding hydrogens is 312 g/mol. The van der Waals surface area contributed by atoms with Gasteiger partial charge in [0.25, 0.3) is 0 Å². The number of sulfone groups is 1. The van der Waals surface area contributed by atoms with Crippen LogP contribution in [-0.4, -0.2) is 29.3 Å². The van der Waals surface area contributed by atoms with E-state index >= 15 is 0 Å². The van der Waals surface area contributed by atoms with E-state index in [-0.39, 0.29) is 10.6 Å². The van der Waals surface area contributed by atoms with Crippen LogP contribution in [-0.2, 0) is 20.0 Å². The zero-order valence-corrected chi connectivity index (χ0v) is 13.1. The fourth-order valence-electron chi connectivity index (χ4n) is 1.77. The van der Waals surface area contributed by atoms with Gasteiger partial charge in [0.1, 0.15) is 5.75 Å². The third-order valence-corrected chi connectivity index (χ3v) is 4.34. The van der Waals surface area contributed by atoms with Crippen LogP contribution in [0.25, 0.3) is 11.1 Å². The van der Waals surface area contributed by atoms with Crippen LogP contribution < -0.4 is 4.18 Å². The Labute approximate surface area is 124 Å². The minimum absolute atomic E-state index is 0.231. The van der Waals surface area contributed by atoms with E-state index in [2.05, 4.69) is 0 Å². The number of hydrogen-bond donors (Lipinski definition) is 0. The predicted octanol–water partition coefficient (Wildman–Crippen LogP) is 2.10. The molecule has 7 heteroatoms. The Balaban J connectivity index is 2.27. The van der Waals surface area contributed by atoms with Gasteiger partial charge in [-0.25, -0.2) is 8.42 Å². The molecule has 0 atom stereocenters. The minimum Gasteiger partial charge on any atom is -0.383 e. The lowest BCUT2D eigenvalue weighted by molar-refractivity contribution is 0.493. The Hall–Kier alpha value is -1.86. The van der Waals surface area contributed by atoms with Crippen LogP contribution >= 0.6 is 0 Å². The third-order valence-electron chi connectivity index (χ3n) is 2.72. The molecule has 0 bridgehead atoms. The first-order valence-electron chi connectivity index (χ1n) is 5.95. The SMILES string of the molecule is CS(=O)(=O)Oc1ccc(-c2ccc(S(C)(=O)=O)cc2)cc1. The predicted molar refractivity (Wildman–Crippen MR) is 80.5 cm³/mol. The summed E-state index contributed by atoms with van der Waals surface area (Å²) < 4.78 is 49.5. The van der Waals surface area contributed by atoms with Crippen molar-refractivity contribution in [1.82, 2.24) is 0 Å². The van der Waals surface area contributed by atoms with Crippen molar-refractivity contribution in [3.8, 4) is 16.9 Å². The maximum atomic E-state index is 11.4. The van der Waals surface area contributed by atoms with Crippen molar-refractivity contribution >= 4 is 20.0 Å². The summed E-state index contributed by atoms with van der Waals surface area (Å²) in [6.07, 6.45) is 2.13. The van der Waals surface area contributed by atoms with Gasteiger partial charge in [-0.15, -0.1) is 0 Å². The normalized spacial score (nSPS) is 12.1. The second-order valence-electron chi connectivity index (χ2n) is 4.61. The highest BCUT2D eigenvalue weighted by atomic mass is 32.2. The summed E-state index contributed by atoms with van der Waals surface area (Å²) >= 11 is 0. The van der Waals surface area contributed by atoms with Crippen LogP contribution in [0.15, 0.2) is 53.4 Å². The molecule has 0 fully saturated rings. The standard InChI is InChI=1S/C14H14O5S2/c1-20(15,16)14-9-5-12(6-10-14)11-3-7-13(8-4-11)19-21(2,17)18/h3-10H,1-2H3. The second-order valence-corrected chi connectivity index (χ2v) is 8.20. The van der Waals surface area contributed by atoms with Crippen molar-refractivity contribution in [2.24, 2.45) is 0 Å². The van der Waals surface area contributed by atoms with E-state index in [0.717, 1.165) is 23.6 Å². The highest BCUT2D eigenvalue weighted by Gasteiger charge is 2.08. The largest absolute Gasteiger partial charge is 0.383 e. The average Bonchev–Trinajstić information content (AvgIpc) is 2.37. The molecule has 0 spiro atoms. The molecule has 112 valence electrons. The summed E-state index contributed by atoms with van der Waals surface area (Å²) in [7, 11) is -6.76. The number of rotatable bonds is 4. The van der Waals surface area contributed by atoms with Crippen LogP contribution in [0.3, 0.4) is 0 Å². The van der Waals surface area contributed by atoms with Gasteiger partial charge in [-0.05, 0) is 35.4 Å². The van der Waals surface area contributed by atoms with Gasteiger partial charge in [0, 0.05) is 6.26 Å². The molecule has 0 aliphatic heterocycles. The first-order chi connectivity index (χ1) is 9.65. The molecule has 5 nitrogen and oxygen atoms in total. The molecule has 0 N–H and O–H groups in total. The van der Waals surface area contributed by atoms with E-state index in [1.54, 1.807) is 36.4 Å². The van der Waals surface area contributed by atoms with Crippen molar-refractivity contribution in [3.63, 3.8) is 0 Å². The van der Waals surface area contributed by atoms with Gasteiger partial charge in [0.2, 0.25) is 0 Å². The highest BCUT2D eigenvalue weighted by molar-refractivity contribution is 7.90. The highest BCUT2D eigenvalue weighted by Crippen LogP contribution is 2.24. The number of hydrogen-bond acceptors (Lipinski definition) is 5. The molecule has 0 heterocycles. The second kappa shape index (κ2) is 5.50. The molecule has 2 aromatic carbocycles. The minimum atomic E-state index is -3.54. The van der Waals surface area contributed by atoms with Crippen LogP contribution in [0.2, 0.25) is 0 Å². The monoisotopic (exact) mass is 326 g/mol. The molecule has 0 unspecified atom stereocenters. The smallest absolute Gasteiger partial charge is 0.306 e. The lowest BCUT2D eigenvalue weighted by atomic mass is 10.1. The van der Waals surface area contributed by atoms with Crippen molar-refractivity contribution in [2.45, 2.75) is 4.90 Å². The van der Waals surface area contributed by atoms with Gasteiger partial charge in [0.05, 0.1) is 11.2 Å². The topological polar surface area (TPSA) is 77.5 Å². The Morgan fingerprint density at radius 3 is 1.52 bits per heavy atom. The summed E-state index contributed by atoms with van der Waals surface area (Å²) in [5.74, 6) is 0.231. The molecule has 0 aliphatic carbocycles. The van der Waals surface area contributed by atoms with E-state index < -0.39 is 20.0 Å². The molecule has 2 aromatic rings. The Kier molecular flexibility index (Phi) is 4.06. The molecule has 0 aliphatic rings. The van der Waals surface area contributed by atoms with E-state index in [1.807, 2.05) is 0 Å². The lowest BCUT2D eigenvalue weighted by Gasteiger charge is -2.06. The van der Waals surface area contributed by atoms with E-state index in [9.17, 15) is 16.8 Å². The maximum absolute atomic E-state index is 11.4. The quantitative estimate of drug-likeness (QED) is 0.804. The first kappa shape index (κ1) is 15.5. The lowest BCUT2D eigenvalue weighted by Crippen LogP contribution is -2.05. The van der Waals surface area contributed by atoms with Gasteiger partial charge < -0.3 is 4.18 Å². The molecule has 0 aromatic heterocycles. The van der Waals surface area contributed by atoms with Crippen molar-refractivity contribution in [1.29, 1.82) is 0 Å². The molecule has 0 radical (unpaired) electrons. The summed E-state index contributed by atoms with van der Waals surface area (Å²) in [4.78, 5) is 0.253. The zero-order chi connectivity index (χ0) is 15.7. The summed E-state index contributed by atoms with van der Waals surface area (Å²) in [5, 5.41) is 0. The van der Waals surface area contributed by atoms with Crippen LogP contribution in [0, 0.1) is 0 Å². The first-order valence-corrected chi connectivity index (χ1v) is 9.66. The average molecular weight is 326 g/mol. The molecule has 21 heavy (non-hydrogen) atoms. The summed E-state index contributed by atoms with van der Waals surface area (Å²) in [6, 6.07) is 13.0. The van der Waals surface area contributed by atoms with Gasteiger partial charge >= 0.3 is 10.1 Å². The van der Waals surface area contributed by atoms with E-state index in [0.29, 0.717) is 0 Å². The molecule has 0 saturated carbocycles. The summed E-state index contributed by atoms with van der Waals surface area (Å²) in [5.41, 5.74) is 1.66. The molecule has 0 amide bonds. The van der Waals surface area contributed by atoms with Crippen molar-refractivity contribution < 1.29 is 21.0 Å². The van der Waals surface area contributed by atoms with Gasteiger partial charge in [-0.2, -0.15) is 8.42 Å². The van der Waals surface area contributed by atoms with Crippen LogP contribution in [0.5, 0.6) is 5.75 Å². The third kappa shape index (κ3) is 4.30. The Bertz CT molecular complexity index is 833. The van der Waals surface area contributed by atoms with Crippen LogP contribution in [0.1, 0.15) is 0 Å². The number of benzene rings is 2. The van der Waals surface area contributed by atoms with Crippen molar-refractivity contribution in [3.05, 3.63) is 48.5 Å². The van der Waals surface area contributed by atoms with Crippen molar-refractivity contribution in [2.75, 3.05) is 12.5 Å². The molecule has 2 rings (SSSR count). The Morgan fingerprint density at radius 1 is 0.714 bits per heavy atom. The maximum Gasteiger partial charge on any atom is 0.306 e. The van der Waals surface area contributed by atoms with E-state index in [1.165, 1.54) is 12.1 Å². The van der Waals surface area contributed by atoms with Gasteiger partial charge in [0.15, 0.2) is 9.84 Å². The zero-order valence-electron chi connectivity index (χ0n) is 11.5. The van der Waals surface area contributed by atoms with Crippen LogP contribution in [0.4, 0.5) is 0 Å². The van der Waals surface area contributed by atoms with Gasteiger partial charge in [-0.3, -0.25) is 0 Å². The molecule has 0 saturated heterocycles. The molecular formula is C14H14O5S2.